The van der Waals surface area contributed by atoms with Gasteiger partial charge in [0.2, 0.25) is 0 Å². The van der Waals surface area contributed by atoms with Gasteiger partial charge >= 0.3 is 0 Å². The zero-order chi connectivity index (χ0) is 12.8. The molecule has 0 bridgehead atoms. The van der Waals surface area contributed by atoms with Crippen LogP contribution in [0.5, 0.6) is 5.75 Å². The molecular formula is C13H17N3OS. The number of nitrogens with one attached hydrogen (secondary N) is 1. The molecule has 0 fully saturated rings. The molecule has 0 spiro atoms. The molecule has 4 nitrogen and oxygen atoms in total. The van der Waals surface area contributed by atoms with E-state index in [9.17, 15) is 0 Å². The predicted molar refractivity (Wildman–Crippen MR) is 76.1 cm³/mol. The van der Waals surface area contributed by atoms with Gasteiger partial charge in [-0.05, 0) is 18.6 Å². The molecule has 0 aliphatic carbocycles. The van der Waals surface area contributed by atoms with Gasteiger partial charge in [-0.1, -0.05) is 13.0 Å². The lowest BCUT2D eigenvalue weighted by Gasteiger charge is -2.12. The van der Waals surface area contributed by atoms with Crippen molar-refractivity contribution in [2.75, 3.05) is 17.7 Å². The molecule has 0 atom stereocenters. The van der Waals surface area contributed by atoms with Gasteiger partial charge in [0.15, 0.2) is 0 Å². The largest absolute Gasteiger partial charge is 0.491 e. The Morgan fingerprint density at radius 1 is 1.44 bits per heavy atom. The maximum absolute atomic E-state index is 6.06. The Morgan fingerprint density at radius 2 is 2.33 bits per heavy atom. The molecule has 5 heteroatoms. The number of thiazole rings is 1. The fraction of sp³-hybridized carbons (Fsp3) is 0.308. The average molecular weight is 263 g/mol. The lowest BCUT2D eigenvalue weighted by molar-refractivity contribution is 0.319. The normalized spacial score (nSPS) is 10.3. The third kappa shape index (κ3) is 3.13. The maximum Gasteiger partial charge on any atom is 0.144 e. The molecule has 2 aromatic rings. The fourth-order valence-corrected chi connectivity index (χ4v) is 2.10. The molecule has 1 heterocycles. The number of anilines is 2. The molecule has 0 amide bonds. The highest BCUT2D eigenvalue weighted by Crippen LogP contribution is 2.29. The molecule has 1 aromatic carbocycles. The number of hydrogen-bond acceptors (Lipinski definition) is 5. The van der Waals surface area contributed by atoms with Crippen LogP contribution < -0.4 is 15.8 Å². The highest BCUT2D eigenvalue weighted by Gasteiger charge is 2.06. The van der Waals surface area contributed by atoms with Crippen molar-refractivity contribution in [2.24, 2.45) is 0 Å². The summed E-state index contributed by atoms with van der Waals surface area (Å²) in [4.78, 5) is 4.22. The summed E-state index contributed by atoms with van der Waals surface area (Å²) in [6.45, 7) is 3.43. The van der Waals surface area contributed by atoms with Crippen molar-refractivity contribution in [1.82, 2.24) is 4.98 Å². The third-order valence-corrected chi connectivity index (χ3v) is 3.22. The van der Waals surface area contributed by atoms with Crippen LogP contribution in [0.3, 0.4) is 0 Å². The highest BCUT2D eigenvalue weighted by molar-refractivity contribution is 7.09. The van der Waals surface area contributed by atoms with Crippen molar-refractivity contribution in [2.45, 2.75) is 19.9 Å². The molecule has 0 saturated carbocycles. The lowest BCUT2D eigenvalue weighted by atomic mass is 10.2. The quantitative estimate of drug-likeness (QED) is 0.786. The molecule has 18 heavy (non-hydrogen) atoms. The van der Waals surface area contributed by atoms with E-state index in [0.29, 0.717) is 18.8 Å². The topological polar surface area (TPSA) is 60.2 Å². The van der Waals surface area contributed by atoms with Crippen molar-refractivity contribution < 1.29 is 4.74 Å². The lowest BCUT2D eigenvalue weighted by Crippen LogP contribution is -2.05. The molecular weight excluding hydrogens is 246 g/mol. The monoisotopic (exact) mass is 263 g/mol. The summed E-state index contributed by atoms with van der Waals surface area (Å²) < 4.78 is 5.59. The number of rotatable bonds is 6. The number of nitrogens with two attached hydrogens (primary N) is 1. The van der Waals surface area contributed by atoms with Crippen LogP contribution >= 0.6 is 11.3 Å². The van der Waals surface area contributed by atoms with E-state index in [1.54, 1.807) is 17.5 Å². The van der Waals surface area contributed by atoms with E-state index in [2.05, 4.69) is 17.2 Å². The van der Waals surface area contributed by atoms with E-state index >= 15 is 0 Å². The molecule has 3 N–H and O–H groups in total. The summed E-state index contributed by atoms with van der Waals surface area (Å²) in [5, 5.41) is 6.27. The first kappa shape index (κ1) is 12.7. The summed E-state index contributed by atoms with van der Waals surface area (Å²) in [5.41, 5.74) is 7.60. The van der Waals surface area contributed by atoms with Gasteiger partial charge in [0.05, 0.1) is 24.5 Å². The predicted octanol–water partition coefficient (Wildman–Crippen LogP) is 3.13. The summed E-state index contributed by atoms with van der Waals surface area (Å²) in [6, 6.07) is 5.77. The van der Waals surface area contributed by atoms with Gasteiger partial charge in [-0.25, -0.2) is 4.98 Å². The van der Waals surface area contributed by atoms with Crippen LogP contribution in [0.25, 0.3) is 0 Å². The van der Waals surface area contributed by atoms with Crippen LogP contribution in [0.1, 0.15) is 18.4 Å². The van der Waals surface area contributed by atoms with Gasteiger partial charge in [0, 0.05) is 11.6 Å². The van der Waals surface area contributed by atoms with Crippen LogP contribution in [-0.4, -0.2) is 11.6 Å². The highest BCUT2D eigenvalue weighted by atomic mass is 32.1. The Hall–Kier alpha value is -1.75. The average Bonchev–Trinajstić information content (AvgIpc) is 2.89. The van der Waals surface area contributed by atoms with Gasteiger partial charge in [-0.2, -0.15) is 0 Å². The SMILES string of the molecule is CCCOc1cccc(NCc2nccs2)c1N. The molecule has 96 valence electrons. The molecule has 2 rings (SSSR count). The van der Waals surface area contributed by atoms with Crippen molar-refractivity contribution >= 4 is 22.7 Å². The van der Waals surface area contributed by atoms with Crippen LogP contribution in [0, 0.1) is 0 Å². The van der Waals surface area contributed by atoms with Crippen molar-refractivity contribution in [3.8, 4) is 5.75 Å². The van der Waals surface area contributed by atoms with E-state index in [0.717, 1.165) is 22.9 Å². The third-order valence-electron chi connectivity index (χ3n) is 2.44. The van der Waals surface area contributed by atoms with Gasteiger partial charge in [0.1, 0.15) is 10.8 Å². The molecule has 0 aliphatic heterocycles. The number of para-hydroxylation sites is 1. The Labute approximate surface area is 111 Å². The van der Waals surface area contributed by atoms with Crippen LogP contribution in [0.15, 0.2) is 29.8 Å². The minimum absolute atomic E-state index is 0.655. The molecule has 0 unspecified atom stereocenters. The number of nitrogens with zero attached hydrogens (tertiary/aromatic N) is 1. The van der Waals surface area contributed by atoms with Gasteiger partial charge in [-0.3, -0.25) is 0 Å². The summed E-state index contributed by atoms with van der Waals surface area (Å²) in [7, 11) is 0. The molecule has 1 aromatic heterocycles. The molecule has 0 aliphatic rings. The van der Waals surface area contributed by atoms with Crippen molar-refractivity contribution in [3.05, 3.63) is 34.8 Å². The zero-order valence-electron chi connectivity index (χ0n) is 10.3. The first-order valence-corrected chi connectivity index (χ1v) is 6.82. The minimum Gasteiger partial charge on any atom is -0.491 e. The second-order valence-corrected chi connectivity index (χ2v) is 4.82. The number of nitrogen functional groups attached to an aromatic ring is 1. The van der Waals surface area contributed by atoms with Crippen LogP contribution in [-0.2, 0) is 6.54 Å². The van der Waals surface area contributed by atoms with Crippen LogP contribution in [0.4, 0.5) is 11.4 Å². The zero-order valence-corrected chi connectivity index (χ0v) is 11.2. The smallest absolute Gasteiger partial charge is 0.144 e. The van der Waals surface area contributed by atoms with Gasteiger partial charge < -0.3 is 15.8 Å². The van der Waals surface area contributed by atoms with Gasteiger partial charge in [-0.15, -0.1) is 11.3 Å². The Bertz CT molecular complexity index is 485. The van der Waals surface area contributed by atoms with E-state index < -0.39 is 0 Å². The Morgan fingerprint density at radius 3 is 3.06 bits per heavy atom. The van der Waals surface area contributed by atoms with E-state index in [1.165, 1.54) is 0 Å². The van der Waals surface area contributed by atoms with E-state index in [-0.39, 0.29) is 0 Å². The second-order valence-electron chi connectivity index (χ2n) is 3.85. The first-order chi connectivity index (χ1) is 8.81. The number of benzene rings is 1. The van der Waals surface area contributed by atoms with Crippen molar-refractivity contribution in [3.63, 3.8) is 0 Å². The summed E-state index contributed by atoms with van der Waals surface area (Å²) in [5.74, 6) is 0.737. The Balaban J connectivity index is 2.03. The van der Waals surface area contributed by atoms with Crippen molar-refractivity contribution in [1.29, 1.82) is 0 Å². The molecule has 0 radical (unpaired) electrons. The van der Waals surface area contributed by atoms with Gasteiger partial charge in [0.25, 0.3) is 0 Å². The number of hydrogen-bond donors (Lipinski definition) is 2. The Kier molecular flexibility index (Phi) is 4.41. The number of aromatic nitrogens is 1. The number of ether oxygens (including phenoxy) is 1. The summed E-state index contributed by atoms with van der Waals surface area (Å²) >= 11 is 1.62. The fourth-order valence-electron chi connectivity index (χ4n) is 1.55. The van der Waals surface area contributed by atoms with Crippen LogP contribution in [0.2, 0.25) is 0 Å². The standard InChI is InChI=1S/C13H17N3OS/c1-2-7-17-11-5-3-4-10(13(11)14)16-9-12-15-6-8-18-12/h3-6,8,16H,2,7,9,14H2,1H3. The van der Waals surface area contributed by atoms with E-state index in [1.807, 2.05) is 23.6 Å². The molecule has 0 saturated heterocycles. The van der Waals surface area contributed by atoms with E-state index in [4.69, 9.17) is 10.5 Å². The second kappa shape index (κ2) is 6.26. The minimum atomic E-state index is 0.655. The first-order valence-electron chi connectivity index (χ1n) is 5.94. The summed E-state index contributed by atoms with van der Waals surface area (Å²) in [6.07, 6.45) is 2.77. The maximum atomic E-state index is 6.06.